The highest BCUT2D eigenvalue weighted by Crippen LogP contribution is 1.96. The molecule has 4 heteroatoms. The average molecular weight is 167 g/mol. The maximum absolute atomic E-state index is 9.87. The molecule has 0 aliphatic rings. The van der Waals surface area contributed by atoms with E-state index in [1.54, 1.807) is 0 Å². The molecule has 60 valence electrons. The van der Waals surface area contributed by atoms with Crippen molar-refractivity contribution in [3.8, 4) is 0 Å². The van der Waals surface area contributed by atoms with E-state index in [9.17, 15) is 9.59 Å². The summed E-state index contributed by atoms with van der Waals surface area (Å²) in [5.74, 6) is -0.791. The Bertz CT molecular complexity index is 103. The molecule has 0 bridgehead atoms. The summed E-state index contributed by atoms with van der Waals surface area (Å²) >= 11 is 0. The molecule has 0 atom stereocenters. The van der Waals surface area contributed by atoms with Gasteiger partial charge < -0.3 is 9.90 Å². The number of hydrogen-bond donors (Lipinski definition) is 1. The van der Waals surface area contributed by atoms with Gasteiger partial charge in [-0.15, -0.1) is 12.4 Å². The van der Waals surface area contributed by atoms with Crippen LogP contribution in [0, 0.1) is 0 Å². The van der Waals surface area contributed by atoms with Crippen molar-refractivity contribution < 1.29 is 14.7 Å². The van der Waals surface area contributed by atoms with Crippen LogP contribution in [0.4, 0.5) is 0 Å². The third-order valence-corrected chi connectivity index (χ3v) is 0.963. The van der Waals surface area contributed by atoms with Gasteiger partial charge in [-0.2, -0.15) is 0 Å². The standard InChI is InChI=1S/C6H10O3.ClH/c7-5-3-1-2-4-6(8)9;/h5H,1-4H2,(H,8,9);1H. The van der Waals surface area contributed by atoms with Gasteiger partial charge in [-0.05, 0) is 12.8 Å². The number of carbonyl (C=O) groups excluding carboxylic acids is 1. The molecular formula is C6H11ClO3. The Hall–Kier alpha value is -0.570. The van der Waals surface area contributed by atoms with E-state index in [2.05, 4.69) is 0 Å². The van der Waals surface area contributed by atoms with E-state index in [1.165, 1.54) is 0 Å². The summed E-state index contributed by atoms with van der Waals surface area (Å²) in [6, 6.07) is 0. The molecule has 0 rings (SSSR count). The van der Waals surface area contributed by atoms with Gasteiger partial charge in [0.2, 0.25) is 0 Å². The van der Waals surface area contributed by atoms with Crippen LogP contribution in [-0.2, 0) is 9.59 Å². The zero-order chi connectivity index (χ0) is 7.11. The second kappa shape index (κ2) is 8.43. The van der Waals surface area contributed by atoms with Gasteiger partial charge in [0.15, 0.2) is 0 Å². The molecule has 3 nitrogen and oxygen atoms in total. The third-order valence-electron chi connectivity index (χ3n) is 0.963. The Balaban J connectivity index is 0. The summed E-state index contributed by atoms with van der Waals surface area (Å²) in [7, 11) is 0. The van der Waals surface area contributed by atoms with Gasteiger partial charge in [0.25, 0.3) is 0 Å². The lowest BCUT2D eigenvalue weighted by atomic mass is 10.2. The topological polar surface area (TPSA) is 54.4 Å². The SMILES string of the molecule is Cl.O=CCCCCC(=O)O. The van der Waals surface area contributed by atoms with Gasteiger partial charge in [0.05, 0.1) is 0 Å². The van der Waals surface area contributed by atoms with E-state index in [-0.39, 0.29) is 18.8 Å². The summed E-state index contributed by atoms with van der Waals surface area (Å²) in [6.45, 7) is 0. The van der Waals surface area contributed by atoms with Crippen molar-refractivity contribution in [3.63, 3.8) is 0 Å². The lowest BCUT2D eigenvalue weighted by Crippen LogP contribution is -1.93. The summed E-state index contributed by atoms with van der Waals surface area (Å²) in [4.78, 5) is 19.6. The van der Waals surface area contributed by atoms with Crippen molar-refractivity contribution in [1.29, 1.82) is 0 Å². The molecular weight excluding hydrogens is 156 g/mol. The minimum atomic E-state index is -0.791. The first-order chi connectivity index (χ1) is 4.27. The Morgan fingerprint density at radius 3 is 2.40 bits per heavy atom. The van der Waals surface area contributed by atoms with E-state index in [4.69, 9.17) is 5.11 Å². The fourth-order valence-electron chi connectivity index (χ4n) is 0.504. The molecule has 10 heavy (non-hydrogen) atoms. The van der Waals surface area contributed by atoms with Crippen LogP contribution in [0.15, 0.2) is 0 Å². The van der Waals surface area contributed by atoms with E-state index in [0.29, 0.717) is 19.3 Å². The number of rotatable bonds is 5. The predicted molar refractivity (Wildman–Crippen MR) is 39.4 cm³/mol. The van der Waals surface area contributed by atoms with Gasteiger partial charge in [-0.25, -0.2) is 0 Å². The van der Waals surface area contributed by atoms with Crippen molar-refractivity contribution in [2.24, 2.45) is 0 Å². The van der Waals surface area contributed by atoms with E-state index >= 15 is 0 Å². The third kappa shape index (κ3) is 10.4. The fourth-order valence-corrected chi connectivity index (χ4v) is 0.504. The molecule has 0 saturated heterocycles. The van der Waals surface area contributed by atoms with Crippen molar-refractivity contribution >= 4 is 24.7 Å². The Morgan fingerprint density at radius 2 is 2.00 bits per heavy atom. The first-order valence-electron chi connectivity index (χ1n) is 2.93. The van der Waals surface area contributed by atoms with Crippen molar-refractivity contribution in [1.82, 2.24) is 0 Å². The van der Waals surface area contributed by atoms with Crippen LogP contribution in [0.25, 0.3) is 0 Å². The molecule has 0 spiro atoms. The first-order valence-corrected chi connectivity index (χ1v) is 2.93. The van der Waals surface area contributed by atoms with Gasteiger partial charge in [-0.3, -0.25) is 4.79 Å². The zero-order valence-corrected chi connectivity index (χ0v) is 6.39. The highest BCUT2D eigenvalue weighted by Gasteiger charge is 1.94. The number of aldehydes is 1. The molecule has 0 aliphatic heterocycles. The largest absolute Gasteiger partial charge is 0.481 e. The number of aliphatic carboxylic acids is 1. The summed E-state index contributed by atoms with van der Waals surface area (Å²) in [5, 5.41) is 8.12. The zero-order valence-electron chi connectivity index (χ0n) is 5.58. The van der Waals surface area contributed by atoms with Crippen molar-refractivity contribution in [3.05, 3.63) is 0 Å². The lowest BCUT2D eigenvalue weighted by molar-refractivity contribution is -0.137. The molecule has 0 aromatic rings. The van der Waals surface area contributed by atoms with Crippen LogP contribution in [0.2, 0.25) is 0 Å². The number of carboxylic acids is 1. The molecule has 0 unspecified atom stereocenters. The minimum absolute atomic E-state index is 0. The number of hydrogen-bond acceptors (Lipinski definition) is 2. The van der Waals surface area contributed by atoms with Gasteiger partial charge in [-0.1, -0.05) is 0 Å². The van der Waals surface area contributed by atoms with Crippen LogP contribution < -0.4 is 0 Å². The summed E-state index contributed by atoms with van der Waals surface area (Å²) in [5.41, 5.74) is 0. The summed E-state index contributed by atoms with van der Waals surface area (Å²) < 4.78 is 0. The molecule has 1 N–H and O–H groups in total. The highest BCUT2D eigenvalue weighted by molar-refractivity contribution is 5.85. The van der Waals surface area contributed by atoms with Crippen LogP contribution >= 0.6 is 12.4 Å². The Kier molecular flexibility index (Phi) is 10.2. The first kappa shape index (κ1) is 12.1. The van der Waals surface area contributed by atoms with E-state index < -0.39 is 5.97 Å². The Labute approximate surface area is 65.8 Å². The molecule has 0 amide bonds. The molecule has 0 aliphatic carbocycles. The van der Waals surface area contributed by atoms with Crippen LogP contribution in [-0.4, -0.2) is 17.4 Å². The molecule has 0 fully saturated rings. The maximum Gasteiger partial charge on any atom is 0.303 e. The normalized spacial score (nSPS) is 8.00. The second-order valence-electron chi connectivity index (χ2n) is 1.81. The second-order valence-corrected chi connectivity index (χ2v) is 1.81. The monoisotopic (exact) mass is 166 g/mol. The van der Waals surface area contributed by atoms with Crippen LogP contribution in [0.1, 0.15) is 25.7 Å². The summed E-state index contributed by atoms with van der Waals surface area (Å²) in [6.07, 6.45) is 2.76. The predicted octanol–water partition coefficient (Wildman–Crippen LogP) is 1.25. The molecule has 0 aromatic carbocycles. The molecule has 0 radical (unpaired) electrons. The van der Waals surface area contributed by atoms with Crippen LogP contribution in [0.3, 0.4) is 0 Å². The number of unbranched alkanes of at least 4 members (excludes halogenated alkanes) is 2. The number of halogens is 1. The van der Waals surface area contributed by atoms with Crippen molar-refractivity contribution in [2.45, 2.75) is 25.7 Å². The van der Waals surface area contributed by atoms with E-state index in [1.807, 2.05) is 0 Å². The molecule has 0 saturated carbocycles. The maximum atomic E-state index is 9.87. The average Bonchev–Trinajstić information content (AvgIpc) is 1.80. The molecule has 0 aromatic heterocycles. The Morgan fingerprint density at radius 1 is 1.40 bits per heavy atom. The number of carbonyl (C=O) groups is 2. The quantitative estimate of drug-likeness (QED) is 0.494. The highest BCUT2D eigenvalue weighted by atomic mass is 35.5. The smallest absolute Gasteiger partial charge is 0.303 e. The molecule has 0 heterocycles. The van der Waals surface area contributed by atoms with Crippen LogP contribution in [0.5, 0.6) is 0 Å². The van der Waals surface area contributed by atoms with Crippen molar-refractivity contribution in [2.75, 3.05) is 0 Å². The minimum Gasteiger partial charge on any atom is -0.481 e. The van der Waals surface area contributed by atoms with E-state index in [0.717, 1.165) is 6.29 Å². The lowest BCUT2D eigenvalue weighted by Gasteiger charge is -1.89. The van der Waals surface area contributed by atoms with Gasteiger partial charge >= 0.3 is 5.97 Å². The van der Waals surface area contributed by atoms with Gasteiger partial charge in [0.1, 0.15) is 6.29 Å². The van der Waals surface area contributed by atoms with Gasteiger partial charge in [0, 0.05) is 12.8 Å². The fraction of sp³-hybridized carbons (Fsp3) is 0.667. The number of carboxylic acid groups (broad SMARTS) is 1.